The molecule has 0 saturated carbocycles. The molecule has 0 unspecified atom stereocenters. The van der Waals surface area contributed by atoms with Gasteiger partial charge in [-0.05, 0) is 42.0 Å². The van der Waals surface area contributed by atoms with Crippen molar-refractivity contribution in [2.24, 2.45) is 5.10 Å². The molecule has 0 radical (unpaired) electrons. The van der Waals surface area contributed by atoms with Crippen molar-refractivity contribution in [3.63, 3.8) is 0 Å². The quantitative estimate of drug-likeness (QED) is 0.449. The first kappa shape index (κ1) is 20.1. The lowest BCUT2D eigenvalue weighted by atomic mass is 10.1. The van der Waals surface area contributed by atoms with Crippen LogP contribution in [0.3, 0.4) is 0 Å². The first-order chi connectivity index (χ1) is 14.2. The van der Waals surface area contributed by atoms with E-state index in [9.17, 15) is 9.59 Å². The molecule has 0 aliphatic carbocycles. The summed E-state index contributed by atoms with van der Waals surface area (Å²) in [6, 6.07) is 21.0. The molecular weight excluding hydrogens is 366 g/mol. The molecule has 0 heterocycles. The Morgan fingerprint density at radius 1 is 0.931 bits per heavy atom. The van der Waals surface area contributed by atoms with Gasteiger partial charge in [0.05, 0.1) is 12.8 Å². The molecule has 3 aromatic carbocycles. The van der Waals surface area contributed by atoms with E-state index in [1.165, 1.54) is 0 Å². The molecule has 0 aliphatic heterocycles. The summed E-state index contributed by atoms with van der Waals surface area (Å²) in [5.41, 5.74) is 4.04. The standard InChI is InChI=1S/C23H23N3O3/c1-2-29-20-12-10-19(11-13-20)25-22(27)14-15-23(28)26-24-16-18-8-5-7-17-6-3-4-9-21(17)18/h3-13,16H,2,14-15H2,1H3,(H,25,27)(H,26,28). The molecule has 0 aromatic heterocycles. The Hall–Kier alpha value is -3.67. The highest BCUT2D eigenvalue weighted by atomic mass is 16.5. The predicted octanol–water partition coefficient (Wildman–Crippen LogP) is 4.11. The van der Waals surface area contributed by atoms with Gasteiger partial charge in [0.15, 0.2) is 0 Å². The van der Waals surface area contributed by atoms with E-state index >= 15 is 0 Å². The second kappa shape index (κ2) is 10.0. The number of nitrogens with one attached hydrogen (secondary N) is 2. The van der Waals surface area contributed by atoms with Crippen LogP contribution < -0.4 is 15.5 Å². The molecule has 0 saturated heterocycles. The van der Waals surface area contributed by atoms with Crippen molar-refractivity contribution in [3.05, 3.63) is 72.3 Å². The fourth-order valence-corrected chi connectivity index (χ4v) is 2.84. The predicted molar refractivity (Wildman–Crippen MR) is 115 cm³/mol. The molecule has 2 amide bonds. The average Bonchev–Trinajstić information content (AvgIpc) is 2.74. The summed E-state index contributed by atoms with van der Waals surface area (Å²) >= 11 is 0. The Kier molecular flexibility index (Phi) is 6.95. The van der Waals surface area contributed by atoms with Crippen LogP contribution in [-0.4, -0.2) is 24.6 Å². The van der Waals surface area contributed by atoms with Crippen LogP contribution in [0.2, 0.25) is 0 Å². The molecule has 0 fully saturated rings. The molecule has 3 aromatic rings. The van der Waals surface area contributed by atoms with Gasteiger partial charge in [0, 0.05) is 24.1 Å². The maximum absolute atomic E-state index is 12.0. The van der Waals surface area contributed by atoms with Crippen LogP contribution in [0.1, 0.15) is 25.3 Å². The van der Waals surface area contributed by atoms with Crippen LogP contribution in [0.5, 0.6) is 5.75 Å². The summed E-state index contributed by atoms with van der Waals surface area (Å²) in [6.07, 6.45) is 1.73. The number of ether oxygens (including phenoxy) is 1. The van der Waals surface area contributed by atoms with E-state index in [0.717, 1.165) is 22.1 Å². The summed E-state index contributed by atoms with van der Waals surface area (Å²) in [4.78, 5) is 24.0. The van der Waals surface area contributed by atoms with Gasteiger partial charge < -0.3 is 10.1 Å². The minimum atomic E-state index is -0.316. The highest BCUT2D eigenvalue weighted by molar-refractivity contribution is 6.00. The average molecular weight is 389 g/mol. The third kappa shape index (κ3) is 5.90. The smallest absolute Gasteiger partial charge is 0.240 e. The van der Waals surface area contributed by atoms with Crippen LogP contribution in [0.4, 0.5) is 5.69 Å². The van der Waals surface area contributed by atoms with E-state index in [1.807, 2.05) is 49.4 Å². The van der Waals surface area contributed by atoms with Crippen molar-refractivity contribution >= 4 is 34.5 Å². The maximum Gasteiger partial charge on any atom is 0.240 e. The number of nitrogens with zero attached hydrogens (tertiary/aromatic N) is 1. The minimum absolute atomic E-state index is 0.0513. The van der Waals surface area contributed by atoms with Gasteiger partial charge in [-0.2, -0.15) is 5.10 Å². The zero-order valence-electron chi connectivity index (χ0n) is 16.2. The number of rotatable bonds is 8. The number of carbonyl (C=O) groups excluding carboxylic acids is 2. The molecule has 148 valence electrons. The van der Waals surface area contributed by atoms with Crippen molar-refractivity contribution in [3.8, 4) is 5.75 Å². The van der Waals surface area contributed by atoms with E-state index in [2.05, 4.69) is 15.8 Å². The van der Waals surface area contributed by atoms with E-state index in [1.54, 1.807) is 30.5 Å². The molecule has 6 nitrogen and oxygen atoms in total. The van der Waals surface area contributed by atoms with Crippen LogP contribution in [0, 0.1) is 0 Å². The number of anilines is 1. The summed E-state index contributed by atoms with van der Waals surface area (Å²) in [5, 5.41) is 8.93. The Bertz CT molecular complexity index is 1010. The number of benzene rings is 3. The van der Waals surface area contributed by atoms with Crippen LogP contribution in [0.15, 0.2) is 71.8 Å². The molecule has 29 heavy (non-hydrogen) atoms. The van der Waals surface area contributed by atoms with Gasteiger partial charge in [-0.3, -0.25) is 9.59 Å². The van der Waals surface area contributed by atoms with E-state index < -0.39 is 0 Å². The summed E-state index contributed by atoms with van der Waals surface area (Å²) in [7, 11) is 0. The monoisotopic (exact) mass is 389 g/mol. The van der Waals surface area contributed by atoms with Gasteiger partial charge in [0.25, 0.3) is 0 Å². The Balaban J connectivity index is 1.45. The fraction of sp³-hybridized carbons (Fsp3) is 0.174. The van der Waals surface area contributed by atoms with Crippen LogP contribution in [-0.2, 0) is 9.59 Å². The van der Waals surface area contributed by atoms with E-state index in [4.69, 9.17) is 4.74 Å². The zero-order chi connectivity index (χ0) is 20.5. The van der Waals surface area contributed by atoms with Crippen molar-refractivity contribution in [2.45, 2.75) is 19.8 Å². The first-order valence-electron chi connectivity index (χ1n) is 9.48. The summed E-state index contributed by atoms with van der Waals surface area (Å²) < 4.78 is 5.36. The Labute approximate surface area is 169 Å². The lowest BCUT2D eigenvalue weighted by Crippen LogP contribution is -2.20. The fourth-order valence-electron chi connectivity index (χ4n) is 2.84. The number of hydrogen-bond acceptors (Lipinski definition) is 4. The molecule has 0 spiro atoms. The highest BCUT2D eigenvalue weighted by Crippen LogP contribution is 2.17. The second-order valence-electron chi connectivity index (χ2n) is 6.37. The lowest BCUT2D eigenvalue weighted by Gasteiger charge is -2.07. The third-order valence-corrected chi connectivity index (χ3v) is 4.24. The Morgan fingerprint density at radius 3 is 2.45 bits per heavy atom. The van der Waals surface area contributed by atoms with Gasteiger partial charge in [0.2, 0.25) is 11.8 Å². The first-order valence-corrected chi connectivity index (χ1v) is 9.48. The topological polar surface area (TPSA) is 79.8 Å². The number of amides is 2. The largest absolute Gasteiger partial charge is 0.494 e. The molecule has 3 rings (SSSR count). The Morgan fingerprint density at radius 2 is 1.66 bits per heavy atom. The second-order valence-corrected chi connectivity index (χ2v) is 6.37. The number of hydrazone groups is 1. The van der Waals surface area contributed by atoms with Gasteiger partial charge in [-0.25, -0.2) is 5.43 Å². The maximum atomic E-state index is 12.0. The van der Waals surface area contributed by atoms with Crippen molar-refractivity contribution < 1.29 is 14.3 Å². The molecule has 2 N–H and O–H groups in total. The molecule has 6 heteroatoms. The van der Waals surface area contributed by atoms with Crippen molar-refractivity contribution in [1.82, 2.24) is 5.43 Å². The highest BCUT2D eigenvalue weighted by Gasteiger charge is 2.07. The third-order valence-electron chi connectivity index (χ3n) is 4.24. The summed E-state index contributed by atoms with van der Waals surface area (Å²) in [6.45, 7) is 2.50. The molecular formula is C23H23N3O3. The summed E-state index contributed by atoms with van der Waals surface area (Å²) in [5.74, 6) is 0.194. The number of fused-ring (bicyclic) bond motifs is 1. The van der Waals surface area contributed by atoms with Crippen molar-refractivity contribution in [2.75, 3.05) is 11.9 Å². The van der Waals surface area contributed by atoms with Crippen LogP contribution >= 0.6 is 0 Å². The number of carbonyl (C=O) groups is 2. The van der Waals surface area contributed by atoms with E-state index in [-0.39, 0.29) is 24.7 Å². The van der Waals surface area contributed by atoms with Gasteiger partial charge in [-0.1, -0.05) is 42.5 Å². The molecule has 0 atom stereocenters. The minimum Gasteiger partial charge on any atom is -0.494 e. The van der Waals surface area contributed by atoms with Gasteiger partial charge in [-0.15, -0.1) is 0 Å². The SMILES string of the molecule is CCOc1ccc(NC(=O)CCC(=O)NN=Cc2cccc3ccccc23)cc1. The van der Waals surface area contributed by atoms with Gasteiger partial charge >= 0.3 is 0 Å². The zero-order valence-corrected chi connectivity index (χ0v) is 16.2. The number of hydrogen-bond donors (Lipinski definition) is 2. The lowest BCUT2D eigenvalue weighted by molar-refractivity contribution is -0.124. The van der Waals surface area contributed by atoms with E-state index in [0.29, 0.717) is 12.3 Å². The molecule has 0 aliphatic rings. The van der Waals surface area contributed by atoms with Crippen molar-refractivity contribution in [1.29, 1.82) is 0 Å². The van der Waals surface area contributed by atoms with Gasteiger partial charge in [0.1, 0.15) is 5.75 Å². The normalized spacial score (nSPS) is 10.8. The molecule has 0 bridgehead atoms. The van der Waals surface area contributed by atoms with Crippen LogP contribution in [0.25, 0.3) is 10.8 Å².